The van der Waals surface area contributed by atoms with Crippen molar-refractivity contribution < 1.29 is 9.53 Å². The van der Waals surface area contributed by atoms with Crippen LogP contribution in [0.25, 0.3) is 0 Å². The van der Waals surface area contributed by atoms with Crippen LogP contribution in [0.5, 0.6) is 5.75 Å². The molecule has 82 valence electrons. The van der Waals surface area contributed by atoms with Crippen molar-refractivity contribution in [3.63, 3.8) is 0 Å². The molecule has 0 saturated carbocycles. The minimum absolute atomic E-state index is 0.0681. The first kappa shape index (κ1) is 12.4. The first-order valence-electron chi connectivity index (χ1n) is 4.41. The molecule has 1 N–H and O–H groups in total. The Hall–Kier alpha value is -0.680. The van der Waals surface area contributed by atoms with Crippen molar-refractivity contribution in [2.45, 2.75) is 6.42 Å². The second-order valence-corrected chi connectivity index (χ2v) is 4.23. The van der Waals surface area contributed by atoms with Gasteiger partial charge in [0.05, 0.1) is 12.8 Å². The van der Waals surface area contributed by atoms with E-state index in [9.17, 15) is 4.79 Å². The molecule has 0 aliphatic heterocycles. The standard InChI is InChI=1S/C10H12BrNO2S/c1-14-9-3-2-7(11)6-8(9)12-10(13)4-5-15/h2-3,6,15H,4-5H2,1H3,(H,12,13). The Kier molecular flexibility index (Phi) is 4.98. The molecule has 0 fully saturated rings. The number of amides is 1. The maximum atomic E-state index is 11.4. The lowest BCUT2D eigenvalue weighted by Gasteiger charge is -2.09. The highest BCUT2D eigenvalue weighted by atomic mass is 79.9. The molecule has 0 spiro atoms. The molecule has 0 bridgehead atoms. The third-order valence-corrected chi connectivity index (χ3v) is 2.49. The average Bonchev–Trinajstić information content (AvgIpc) is 2.18. The van der Waals surface area contributed by atoms with Crippen molar-refractivity contribution in [3.05, 3.63) is 22.7 Å². The van der Waals surface area contributed by atoms with Gasteiger partial charge in [-0.05, 0) is 24.0 Å². The maximum absolute atomic E-state index is 11.4. The fraction of sp³-hybridized carbons (Fsp3) is 0.300. The Morgan fingerprint density at radius 2 is 2.33 bits per heavy atom. The van der Waals surface area contributed by atoms with E-state index in [4.69, 9.17) is 4.74 Å². The van der Waals surface area contributed by atoms with Gasteiger partial charge in [-0.1, -0.05) is 15.9 Å². The van der Waals surface area contributed by atoms with Gasteiger partial charge in [-0.2, -0.15) is 12.6 Å². The molecule has 0 unspecified atom stereocenters. The van der Waals surface area contributed by atoms with Crippen molar-refractivity contribution in [1.29, 1.82) is 0 Å². The molecule has 0 aromatic heterocycles. The highest BCUT2D eigenvalue weighted by Crippen LogP contribution is 2.27. The Balaban J connectivity index is 2.82. The van der Waals surface area contributed by atoms with Gasteiger partial charge in [0.1, 0.15) is 5.75 Å². The molecule has 1 aromatic rings. The van der Waals surface area contributed by atoms with Crippen LogP contribution in [-0.4, -0.2) is 18.8 Å². The zero-order chi connectivity index (χ0) is 11.3. The Morgan fingerprint density at radius 1 is 1.60 bits per heavy atom. The lowest BCUT2D eigenvalue weighted by molar-refractivity contribution is -0.115. The smallest absolute Gasteiger partial charge is 0.225 e. The van der Waals surface area contributed by atoms with Gasteiger partial charge >= 0.3 is 0 Å². The number of anilines is 1. The van der Waals surface area contributed by atoms with Crippen LogP contribution >= 0.6 is 28.6 Å². The van der Waals surface area contributed by atoms with Gasteiger partial charge in [-0.3, -0.25) is 4.79 Å². The number of hydrogen-bond acceptors (Lipinski definition) is 3. The van der Waals surface area contributed by atoms with E-state index in [1.165, 1.54) is 0 Å². The number of hydrogen-bond donors (Lipinski definition) is 2. The summed E-state index contributed by atoms with van der Waals surface area (Å²) in [6, 6.07) is 5.45. The van der Waals surface area contributed by atoms with Crippen LogP contribution in [0.15, 0.2) is 22.7 Å². The molecule has 1 amide bonds. The van der Waals surface area contributed by atoms with Crippen LogP contribution in [0.2, 0.25) is 0 Å². The summed E-state index contributed by atoms with van der Waals surface area (Å²) in [6.45, 7) is 0. The second kappa shape index (κ2) is 6.02. The van der Waals surface area contributed by atoms with E-state index in [0.29, 0.717) is 23.6 Å². The predicted octanol–water partition coefficient (Wildman–Crippen LogP) is 2.72. The predicted molar refractivity (Wildman–Crippen MR) is 67.8 cm³/mol. The van der Waals surface area contributed by atoms with Gasteiger partial charge in [0, 0.05) is 10.9 Å². The van der Waals surface area contributed by atoms with Gasteiger partial charge in [-0.25, -0.2) is 0 Å². The van der Waals surface area contributed by atoms with Gasteiger partial charge in [0.2, 0.25) is 5.91 Å². The Morgan fingerprint density at radius 3 is 2.93 bits per heavy atom. The van der Waals surface area contributed by atoms with E-state index < -0.39 is 0 Å². The summed E-state index contributed by atoms with van der Waals surface area (Å²) < 4.78 is 6.02. The first-order chi connectivity index (χ1) is 7.17. The van der Waals surface area contributed by atoms with E-state index in [-0.39, 0.29) is 5.91 Å². The fourth-order valence-electron chi connectivity index (χ4n) is 1.09. The van der Waals surface area contributed by atoms with Crippen LogP contribution < -0.4 is 10.1 Å². The minimum atomic E-state index is -0.0681. The first-order valence-corrected chi connectivity index (χ1v) is 5.84. The molecule has 15 heavy (non-hydrogen) atoms. The van der Waals surface area contributed by atoms with Crippen molar-refractivity contribution in [1.82, 2.24) is 0 Å². The second-order valence-electron chi connectivity index (χ2n) is 2.87. The molecule has 0 aliphatic carbocycles. The van der Waals surface area contributed by atoms with Gasteiger partial charge in [-0.15, -0.1) is 0 Å². The maximum Gasteiger partial charge on any atom is 0.225 e. The summed E-state index contributed by atoms with van der Waals surface area (Å²) >= 11 is 7.33. The molecular formula is C10H12BrNO2S. The molecule has 0 saturated heterocycles. The van der Waals surface area contributed by atoms with Gasteiger partial charge in [0.15, 0.2) is 0 Å². The number of nitrogens with one attached hydrogen (secondary N) is 1. The third-order valence-electron chi connectivity index (χ3n) is 1.77. The third kappa shape index (κ3) is 3.76. The minimum Gasteiger partial charge on any atom is -0.495 e. The van der Waals surface area contributed by atoms with Crippen LogP contribution in [0.3, 0.4) is 0 Å². The Labute approximate surface area is 103 Å². The zero-order valence-electron chi connectivity index (χ0n) is 8.29. The van der Waals surface area contributed by atoms with Crippen molar-refractivity contribution in [3.8, 4) is 5.75 Å². The zero-order valence-corrected chi connectivity index (χ0v) is 10.8. The SMILES string of the molecule is COc1ccc(Br)cc1NC(=O)CCS. The summed E-state index contributed by atoms with van der Waals surface area (Å²) in [7, 11) is 1.57. The number of carbonyl (C=O) groups is 1. The number of ether oxygens (including phenoxy) is 1. The van der Waals surface area contributed by atoms with Gasteiger partial charge in [0.25, 0.3) is 0 Å². The summed E-state index contributed by atoms with van der Waals surface area (Å²) in [6.07, 6.45) is 0.388. The van der Waals surface area contributed by atoms with Crippen molar-refractivity contribution in [2.24, 2.45) is 0 Å². The van der Waals surface area contributed by atoms with Crippen LogP contribution in [0.1, 0.15) is 6.42 Å². The summed E-state index contributed by atoms with van der Waals surface area (Å²) in [5.41, 5.74) is 0.665. The molecule has 3 nitrogen and oxygen atoms in total. The topological polar surface area (TPSA) is 38.3 Å². The number of halogens is 1. The highest BCUT2D eigenvalue weighted by Gasteiger charge is 2.06. The van der Waals surface area contributed by atoms with Crippen LogP contribution in [0, 0.1) is 0 Å². The van der Waals surface area contributed by atoms with E-state index in [1.54, 1.807) is 19.2 Å². The number of methoxy groups -OCH3 is 1. The largest absolute Gasteiger partial charge is 0.495 e. The quantitative estimate of drug-likeness (QED) is 0.837. The summed E-state index contributed by atoms with van der Waals surface area (Å²) in [5, 5.41) is 2.76. The normalized spacial score (nSPS) is 9.80. The van der Waals surface area contributed by atoms with E-state index in [0.717, 1.165) is 4.47 Å². The van der Waals surface area contributed by atoms with Gasteiger partial charge < -0.3 is 10.1 Å². The molecule has 1 aromatic carbocycles. The molecule has 1 rings (SSSR count). The summed E-state index contributed by atoms with van der Waals surface area (Å²) in [4.78, 5) is 11.4. The fourth-order valence-corrected chi connectivity index (χ4v) is 1.66. The molecule has 0 radical (unpaired) electrons. The lowest BCUT2D eigenvalue weighted by atomic mass is 10.3. The van der Waals surface area contributed by atoms with E-state index in [1.807, 2.05) is 6.07 Å². The number of carbonyl (C=O) groups excluding carboxylic acids is 1. The molecular weight excluding hydrogens is 278 g/mol. The molecule has 5 heteroatoms. The van der Waals surface area contributed by atoms with Crippen molar-refractivity contribution in [2.75, 3.05) is 18.2 Å². The number of thiol groups is 1. The van der Waals surface area contributed by atoms with E-state index in [2.05, 4.69) is 33.9 Å². The average molecular weight is 290 g/mol. The Bertz CT molecular complexity index is 357. The van der Waals surface area contributed by atoms with Crippen LogP contribution in [-0.2, 0) is 4.79 Å². The number of rotatable bonds is 4. The molecule has 0 aliphatic rings. The lowest BCUT2D eigenvalue weighted by Crippen LogP contribution is -2.12. The number of benzene rings is 1. The summed E-state index contributed by atoms with van der Waals surface area (Å²) in [5.74, 6) is 1.11. The van der Waals surface area contributed by atoms with E-state index >= 15 is 0 Å². The molecule has 0 atom stereocenters. The highest BCUT2D eigenvalue weighted by molar-refractivity contribution is 9.10. The molecule has 0 heterocycles. The monoisotopic (exact) mass is 289 g/mol. The van der Waals surface area contributed by atoms with Crippen molar-refractivity contribution >= 4 is 40.2 Å². The van der Waals surface area contributed by atoms with Crippen LogP contribution in [0.4, 0.5) is 5.69 Å².